The van der Waals surface area contributed by atoms with Crippen molar-refractivity contribution < 1.29 is 23.9 Å². The molecule has 0 spiro atoms. The lowest BCUT2D eigenvalue weighted by molar-refractivity contribution is -0.163. The molecule has 1 fully saturated rings. The van der Waals surface area contributed by atoms with E-state index in [1.807, 2.05) is 6.07 Å². The molecule has 0 unspecified atom stereocenters. The Morgan fingerprint density at radius 1 is 1.03 bits per heavy atom. The first-order valence-electron chi connectivity index (χ1n) is 10.2. The van der Waals surface area contributed by atoms with Crippen LogP contribution in [0.1, 0.15) is 37.4 Å². The van der Waals surface area contributed by atoms with E-state index in [4.69, 9.17) is 9.47 Å². The molecule has 7 heteroatoms. The Kier molecular flexibility index (Phi) is 5.97. The zero-order valence-electron chi connectivity index (χ0n) is 16.6. The van der Waals surface area contributed by atoms with Crippen LogP contribution in [-0.2, 0) is 19.1 Å². The van der Waals surface area contributed by atoms with Crippen molar-refractivity contribution in [1.29, 1.82) is 0 Å². The topological polar surface area (TPSA) is 84.9 Å². The largest absolute Gasteiger partial charge is 0.478 e. The molecule has 2 heterocycles. The lowest BCUT2D eigenvalue weighted by Crippen LogP contribution is -2.42. The van der Waals surface area contributed by atoms with E-state index in [0.717, 1.165) is 19.3 Å². The quantitative estimate of drug-likeness (QED) is 0.769. The molecule has 2 aromatic carbocycles. The second-order valence-electron chi connectivity index (χ2n) is 7.46. The molecular weight excluding hydrogens is 384 g/mol. The molecule has 0 aromatic heterocycles. The monoisotopic (exact) mass is 408 g/mol. The number of fused-ring (bicyclic) bond motifs is 1. The van der Waals surface area contributed by atoms with Gasteiger partial charge in [0.2, 0.25) is 6.10 Å². The summed E-state index contributed by atoms with van der Waals surface area (Å²) in [6.07, 6.45) is 0.656. The second-order valence-corrected chi connectivity index (χ2v) is 7.46. The Bertz CT molecular complexity index is 924. The molecule has 1 saturated heterocycles. The number of carbonyl (C=O) groups excluding carboxylic acids is 3. The van der Waals surface area contributed by atoms with E-state index < -0.39 is 24.1 Å². The van der Waals surface area contributed by atoms with E-state index in [2.05, 4.69) is 5.32 Å². The predicted octanol–water partition coefficient (Wildman–Crippen LogP) is 3.07. The number of anilines is 1. The lowest BCUT2D eigenvalue weighted by Gasteiger charge is -2.31. The molecule has 2 atom stereocenters. The zero-order chi connectivity index (χ0) is 20.9. The van der Waals surface area contributed by atoms with Gasteiger partial charge in [-0.3, -0.25) is 14.4 Å². The highest BCUT2D eigenvalue weighted by Gasteiger charge is 2.34. The molecule has 2 aromatic rings. The highest BCUT2D eigenvalue weighted by Crippen LogP contribution is 2.30. The van der Waals surface area contributed by atoms with Gasteiger partial charge in [0.25, 0.3) is 11.8 Å². The van der Waals surface area contributed by atoms with Crippen LogP contribution in [0.25, 0.3) is 0 Å². The first-order valence-corrected chi connectivity index (χ1v) is 10.2. The van der Waals surface area contributed by atoms with Crippen molar-refractivity contribution in [2.45, 2.75) is 37.9 Å². The van der Waals surface area contributed by atoms with E-state index in [1.165, 1.54) is 0 Å². The van der Waals surface area contributed by atoms with Crippen LogP contribution in [0.3, 0.4) is 0 Å². The SMILES string of the molecule is O=C(C[C@H]1Oc2ccccc2NC1=O)O[C@@H](C(=O)N1CCCCC1)c1ccccc1. The molecule has 2 amide bonds. The van der Waals surface area contributed by atoms with Crippen molar-refractivity contribution in [3.8, 4) is 5.75 Å². The number of hydrogen-bond acceptors (Lipinski definition) is 5. The first-order chi connectivity index (χ1) is 14.6. The molecule has 2 aliphatic heterocycles. The van der Waals surface area contributed by atoms with Gasteiger partial charge in [-0.05, 0) is 31.4 Å². The minimum atomic E-state index is -1.03. The highest BCUT2D eigenvalue weighted by molar-refractivity contribution is 5.99. The van der Waals surface area contributed by atoms with Crippen LogP contribution in [0.15, 0.2) is 54.6 Å². The maximum atomic E-state index is 13.1. The van der Waals surface area contributed by atoms with Gasteiger partial charge in [0.15, 0.2) is 6.10 Å². The standard InChI is InChI=1S/C23H24N2O5/c26-20(15-19-22(27)24-17-11-5-6-12-18(17)29-19)30-21(16-9-3-1-4-10-16)23(28)25-13-7-2-8-14-25/h1,3-6,9-12,19,21H,2,7-8,13-15H2,(H,24,27)/t19-,21-/m1/s1. The van der Waals surface area contributed by atoms with E-state index in [9.17, 15) is 14.4 Å². The maximum Gasteiger partial charge on any atom is 0.311 e. The molecule has 0 radical (unpaired) electrons. The number of nitrogens with zero attached hydrogens (tertiary/aromatic N) is 1. The van der Waals surface area contributed by atoms with Crippen LogP contribution in [-0.4, -0.2) is 41.9 Å². The Labute approximate surface area is 175 Å². The smallest absolute Gasteiger partial charge is 0.311 e. The number of rotatable bonds is 5. The van der Waals surface area contributed by atoms with Gasteiger partial charge >= 0.3 is 5.97 Å². The van der Waals surface area contributed by atoms with Gasteiger partial charge in [0.05, 0.1) is 12.1 Å². The van der Waals surface area contributed by atoms with Crippen LogP contribution < -0.4 is 10.1 Å². The summed E-state index contributed by atoms with van der Waals surface area (Å²) in [5.74, 6) is -0.800. The number of nitrogens with one attached hydrogen (secondary N) is 1. The van der Waals surface area contributed by atoms with Crippen molar-refractivity contribution in [2.75, 3.05) is 18.4 Å². The van der Waals surface area contributed by atoms with Gasteiger partial charge in [-0.2, -0.15) is 0 Å². The van der Waals surface area contributed by atoms with Crippen molar-refractivity contribution in [3.05, 3.63) is 60.2 Å². The highest BCUT2D eigenvalue weighted by atomic mass is 16.6. The summed E-state index contributed by atoms with van der Waals surface area (Å²) in [5.41, 5.74) is 1.18. The number of ether oxygens (including phenoxy) is 2. The molecule has 7 nitrogen and oxygen atoms in total. The van der Waals surface area contributed by atoms with Gasteiger partial charge < -0.3 is 19.7 Å². The number of carbonyl (C=O) groups is 3. The number of benzene rings is 2. The number of hydrogen-bond donors (Lipinski definition) is 1. The van der Waals surface area contributed by atoms with E-state index in [0.29, 0.717) is 30.1 Å². The third-order valence-corrected chi connectivity index (χ3v) is 5.30. The van der Waals surface area contributed by atoms with Crippen LogP contribution in [0.2, 0.25) is 0 Å². The predicted molar refractivity (Wildman–Crippen MR) is 110 cm³/mol. The Hall–Kier alpha value is -3.35. The van der Waals surface area contributed by atoms with Gasteiger partial charge in [-0.15, -0.1) is 0 Å². The first kappa shape index (κ1) is 19.9. The van der Waals surface area contributed by atoms with Crippen molar-refractivity contribution in [2.24, 2.45) is 0 Å². The summed E-state index contributed by atoms with van der Waals surface area (Å²) in [6, 6.07) is 16.0. The van der Waals surface area contributed by atoms with Gasteiger partial charge in [-0.25, -0.2) is 0 Å². The third kappa shape index (κ3) is 4.45. The fraction of sp³-hybridized carbons (Fsp3) is 0.348. The molecular formula is C23H24N2O5. The molecule has 0 aliphatic carbocycles. The van der Waals surface area contributed by atoms with Gasteiger partial charge in [-0.1, -0.05) is 42.5 Å². The zero-order valence-corrected chi connectivity index (χ0v) is 16.6. The maximum absolute atomic E-state index is 13.1. The minimum Gasteiger partial charge on any atom is -0.478 e. The Morgan fingerprint density at radius 2 is 1.73 bits per heavy atom. The summed E-state index contributed by atoms with van der Waals surface area (Å²) in [4.78, 5) is 39.8. The summed E-state index contributed by atoms with van der Waals surface area (Å²) in [7, 11) is 0. The van der Waals surface area contributed by atoms with E-state index in [-0.39, 0.29) is 12.3 Å². The number of esters is 1. The molecule has 156 valence electrons. The average molecular weight is 408 g/mol. The van der Waals surface area contributed by atoms with Gasteiger partial charge in [0.1, 0.15) is 5.75 Å². The fourth-order valence-corrected chi connectivity index (χ4v) is 3.73. The number of likely N-dealkylation sites (tertiary alicyclic amines) is 1. The van der Waals surface area contributed by atoms with E-state index in [1.54, 1.807) is 53.4 Å². The normalized spacial score (nSPS) is 19.1. The molecule has 4 rings (SSSR count). The molecule has 30 heavy (non-hydrogen) atoms. The summed E-state index contributed by atoms with van der Waals surface area (Å²) < 4.78 is 11.3. The van der Waals surface area contributed by atoms with Crippen molar-refractivity contribution >= 4 is 23.5 Å². The van der Waals surface area contributed by atoms with Crippen LogP contribution in [0, 0.1) is 0 Å². The summed E-state index contributed by atoms with van der Waals surface area (Å²) in [5, 5.41) is 2.73. The second kappa shape index (κ2) is 8.98. The van der Waals surface area contributed by atoms with Crippen LogP contribution >= 0.6 is 0 Å². The third-order valence-electron chi connectivity index (χ3n) is 5.30. The van der Waals surface area contributed by atoms with Crippen molar-refractivity contribution in [3.63, 3.8) is 0 Å². The number of para-hydroxylation sites is 2. The Balaban J connectivity index is 1.46. The van der Waals surface area contributed by atoms with Crippen LogP contribution in [0.5, 0.6) is 5.75 Å². The minimum absolute atomic E-state index is 0.228. The molecule has 2 aliphatic rings. The average Bonchev–Trinajstić information content (AvgIpc) is 2.79. The summed E-state index contributed by atoms with van der Waals surface area (Å²) in [6.45, 7) is 1.31. The van der Waals surface area contributed by atoms with E-state index >= 15 is 0 Å². The lowest BCUT2D eigenvalue weighted by atomic mass is 10.1. The Morgan fingerprint density at radius 3 is 2.50 bits per heavy atom. The molecule has 1 N–H and O–H groups in total. The molecule has 0 saturated carbocycles. The molecule has 0 bridgehead atoms. The number of piperidine rings is 1. The summed E-state index contributed by atoms with van der Waals surface area (Å²) >= 11 is 0. The van der Waals surface area contributed by atoms with Gasteiger partial charge in [0, 0.05) is 18.7 Å². The fourth-order valence-electron chi connectivity index (χ4n) is 3.73. The number of amides is 2. The van der Waals surface area contributed by atoms with Crippen molar-refractivity contribution in [1.82, 2.24) is 4.90 Å². The van der Waals surface area contributed by atoms with Crippen LogP contribution in [0.4, 0.5) is 5.69 Å².